The number of methoxy groups -OCH3 is 1. The summed E-state index contributed by atoms with van der Waals surface area (Å²) in [4.78, 5) is 11.5. The number of hydrogen-bond acceptors (Lipinski definition) is 8. The molecule has 1 aromatic carbocycles. The third-order valence-corrected chi connectivity index (χ3v) is 6.50. The van der Waals surface area contributed by atoms with E-state index in [9.17, 15) is 0 Å². The number of hydrogen-bond donors (Lipinski definition) is 2. The lowest BCUT2D eigenvalue weighted by atomic mass is 9.93. The summed E-state index contributed by atoms with van der Waals surface area (Å²) in [5, 5.41) is 6.83. The maximum atomic E-state index is 6.05. The molecular weight excluding hydrogens is 418 g/mol. The lowest BCUT2D eigenvalue weighted by molar-refractivity contribution is 0.0622. The lowest BCUT2D eigenvalue weighted by Gasteiger charge is -2.28. The van der Waals surface area contributed by atoms with E-state index in [1.807, 2.05) is 24.3 Å². The van der Waals surface area contributed by atoms with Crippen LogP contribution in [0, 0.1) is 5.92 Å². The molecule has 8 heteroatoms. The Bertz CT molecular complexity index is 869. The lowest BCUT2D eigenvalue weighted by Crippen LogP contribution is -2.31. The van der Waals surface area contributed by atoms with Crippen LogP contribution >= 0.6 is 0 Å². The summed E-state index contributed by atoms with van der Waals surface area (Å²) in [6.45, 7) is 8.06. The van der Waals surface area contributed by atoms with Gasteiger partial charge in [-0.3, -0.25) is 0 Å². The number of likely N-dealkylation sites (tertiary alicyclic amines) is 1. The van der Waals surface area contributed by atoms with Crippen LogP contribution in [0.2, 0.25) is 0 Å². The number of benzene rings is 1. The SMILES string of the molecule is COc1ccc(Nc2nccc(NC(C)C3CCOCC3)n2)cc1OCCCN1CCCC1. The Morgan fingerprint density at radius 2 is 1.97 bits per heavy atom. The third-order valence-electron chi connectivity index (χ3n) is 6.50. The van der Waals surface area contributed by atoms with Gasteiger partial charge in [0.1, 0.15) is 5.82 Å². The van der Waals surface area contributed by atoms with Gasteiger partial charge in [-0.1, -0.05) is 0 Å². The van der Waals surface area contributed by atoms with E-state index < -0.39 is 0 Å². The van der Waals surface area contributed by atoms with Gasteiger partial charge in [-0.25, -0.2) is 4.98 Å². The number of anilines is 3. The van der Waals surface area contributed by atoms with Gasteiger partial charge in [-0.15, -0.1) is 0 Å². The molecule has 2 aliphatic heterocycles. The summed E-state index contributed by atoms with van der Waals surface area (Å²) in [5.74, 6) is 3.41. The summed E-state index contributed by atoms with van der Waals surface area (Å²) >= 11 is 0. The van der Waals surface area contributed by atoms with Crippen LogP contribution in [-0.2, 0) is 4.74 Å². The van der Waals surface area contributed by atoms with E-state index in [4.69, 9.17) is 14.2 Å². The van der Waals surface area contributed by atoms with Crippen LogP contribution in [-0.4, -0.2) is 67.5 Å². The second-order valence-electron chi connectivity index (χ2n) is 8.89. The molecule has 1 aromatic heterocycles. The van der Waals surface area contributed by atoms with Crippen molar-refractivity contribution in [2.24, 2.45) is 5.92 Å². The summed E-state index contributed by atoms with van der Waals surface area (Å²) in [7, 11) is 1.66. The van der Waals surface area contributed by atoms with E-state index in [-0.39, 0.29) is 0 Å². The first-order chi connectivity index (χ1) is 16.2. The van der Waals surface area contributed by atoms with Crippen LogP contribution in [0.25, 0.3) is 0 Å². The average molecular weight is 456 g/mol. The number of nitrogens with zero attached hydrogens (tertiary/aromatic N) is 3. The maximum absolute atomic E-state index is 6.05. The van der Waals surface area contributed by atoms with Gasteiger partial charge in [-0.2, -0.15) is 4.98 Å². The van der Waals surface area contributed by atoms with E-state index in [1.54, 1.807) is 13.3 Å². The zero-order valence-corrected chi connectivity index (χ0v) is 19.9. The molecule has 3 heterocycles. The molecule has 2 fully saturated rings. The Hall–Kier alpha value is -2.58. The molecule has 4 rings (SSSR count). The molecule has 180 valence electrons. The smallest absolute Gasteiger partial charge is 0.229 e. The molecule has 0 spiro atoms. The fourth-order valence-corrected chi connectivity index (χ4v) is 4.54. The van der Waals surface area contributed by atoms with E-state index in [2.05, 4.69) is 32.4 Å². The number of nitrogens with one attached hydrogen (secondary N) is 2. The summed E-state index contributed by atoms with van der Waals surface area (Å²) in [5.41, 5.74) is 0.861. The number of rotatable bonds is 11. The van der Waals surface area contributed by atoms with Crippen molar-refractivity contribution in [3.8, 4) is 11.5 Å². The van der Waals surface area contributed by atoms with E-state index >= 15 is 0 Å². The Kier molecular flexibility index (Phi) is 8.60. The molecule has 8 nitrogen and oxygen atoms in total. The molecule has 0 saturated carbocycles. The Balaban J connectivity index is 1.33. The van der Waals surface area contributed by atoms with Crippen LogP contribution in [0.15, 0.2) is 30.5 Å². The molecule has 2 aromatic rings. The highest BCUT2D eigenvalue weighted by Crippen LogP contribution is 2.31. The first-order valence-electron chi connectivity index (χ1n) is 12.2. The molecule has 0 bridgehead atoms. The van der Waals surface area contributed by atoms with Crippen molar-refractivity contribution in [3.63, 3.8) is 0 Å². The molecule has 1 atom stereocenters. The minimum absolute atomic E-state index is 0.332. The quantitative estimate of drug-likeness (QED) is 0.485. The van der Waals surface area contributed by atoms with Crippen LogP contribution in [0.1, 0.15) is 39.0 Å². The molecule has 2 aliphatic rings. The van der Waals surface area contributed by atoms with Crippen LogP contribution in [0.3, 0.4) is 0 Å². The van der Waals surface area contributed by atoms with Crippen LogP contribution < -0.4 is 20.1 Å². The predicted octanol–water partition coefficient (Wildman–Crippen LogP) is 4.32. The molecule has 0 radical (unpaired) electrons. The fourth-order valence-electron chi connectivity index (χ4n) is 4.54. The highest BCUT2D eigenvalue weighted by molar-refractivity contribution is 5.60. The first kappa shape index (κ1) is 23.6. The largest absolute Gasteiger partial charge is 0.493 e. The molecular formula is C25H37N5O3. The summed E-state index contributed by atoms with van der Waals surface area (Å²) in [6.07, 6.45) is 7.57. The minimum atomic E-state index is 0.332. The van der Waals surface area contributed by atoms with Gasteiger partial charge < -0.3 is 29.7 Å². The number of aromatic nitrogens is 2. The van der Waals surface area contributed by atoms with Crippen molar-refractivity contribution >= 4 is 17.5 Å². The normalized spacial score (nSPS) is 18.1. The molecule has 0 amide bonds. The molecule has 33 heavy (non-hydrogen) atoms. The average Bonchev–Trinajstić information content (AvgIpc) is 3.36. The zero-order chi connectivity index (χ0) is 22.9. The zero-order valence-electron chi connectivity index (χ0n) is 19.9. The predicted molar refractivity (Wildman–Crippen MR) is 131 cm³/mol. The summed E-state index contributed by atoms with van der Waals surface area (Å²) in [6, 6.07) is 8.04. The van der Waals surface area contributed by atoms with E-state index in [1.165, 1.54) is 25.9 Å². The van der Waals surface area contributed by atoms with Gasteiger partial charge in [-0.05, 0) is 76.2 Å². The van der Waals surface area contributed by atoms with Gasteiger partial charge in [0.25, 0.3) is 0 Å². The Morgan fingerprint density at radius 1 is 1.15 bits per heavy atom. The Labute approximate surface area is 197 Å². The maximum Gasteiger partial charge on any atom is 0.229 e. The van der Waals surface area contributed by atoms with E-state index in [0.29, 0.717) is 24.5 Å². The van der Waals surface area contributed by atoms with Crippen molar-refractivity contribution in [3.05, 3.63) is 30.5 Å². The van der Waals surface area contributed by atoms with Crippen LogP contribution in [0.4, 0.5) is 17.5 Å². The van der Waals surface area contributed by atoms with Crippen LogP contribution in [0.5, 0.6) is 11.5 Å². The number of ether oxygens (including phenoxy) is 3. The van der Waals surface area contributed by atoms with Crippen molar-refractivity contribution in [1.82, 2.24) is 14.9 Å². The van der Waals surface area contributed by atoms with Gasteiger partial charge >= 0.3 is 0 Å². The topological polar surface area (TPSA) is 80.8 Å². The molecule has 2 N–H and O–H groups in total. The molecule has 1 unspecified atom stereocenters. The minimum Gasteiger partial charge on any atom is -0.493 e. The highest BCUT2D eigenvalue weighted by Gasteiger charge is 2.20. The third kappa shape index (κ3) is 6.95. The van der Waals surface area contributed by atoms with Gasteiger partial charge in [0.2, 0.25) is 5.95 Å². The van der Waals surface area contributed by atoms with Gasteiger partial charge in [0, 0.05) is 43.8 Å². The monoisotopic (exact) mass is 455 g/mol. The fraction of sp³-hybridized carbons (Fsp3) is 0.600. The second kappa shape index (κ2) is 12.0. The van der Waals surface area contributed by atoms with E-state index in [0.717, 1.165) is 62.0 Å². The van der Waals surface area contributed by atoms with Crippen molar-refractivity contribution < 1.29 is 14.2 Å². The standard InChI is InChI=1S/C25H37N5O3/c1-19(20-9-16-32-17-10-20)27-24-8-11-26-25(29-24)28-21-6-7-22(31-2)23(18-21)33-15-5-14-30-12-3-4-13-30/h6-8,11,18-20H,3-5,9-10,12-17H2,1-2H3,(H2,26,27,28,29). The molecule has 0 aliphatic carbocycles. The summed E-state index contributed by atoms with van der Waals surface area (Å²) < 4.78 is 17.0. The Morgan fingerprint density at radius 3 is 2.76 bits per heavy atom. The van der Waals surface area contributed by atoms with Gasteiger partial charge in [0.05, 0.1) is 13.7 Å². The van der Waals surface area contributed by atoms with Crippen molar-refractivity contribution in [2.45, 2.75) is 45.1 Å². The molecule has 2 saturated heterocycles. The first-order valence-corrected chi connectivity index (χ1v) is 12.2. The van der Waals surface area contributed by atoms with Gasteiger partial charge in [0.15, 0.2) is 11.5 Å². The van der Waals surface area contributed by atoms with Crippen molar-refractivity contribution in [2.75, 3.05) is 57.2 Å². The highest BCUT2D eigenvalue weighted by atomic mass is 16.5. The van der Waals surface area contributed by atoms with Crippen molar-refractivity contribution in [1.29, 1.82) is 0 Å². The second-order valence-corrected chi connectivity index (χ2v) is 8.89.